The van der Waals surface area contributed by atoms with Crippen molar-refractivity contribution in [2.24, 2.45) is 7.05 Å². The standard InChI is InChI=1S/C20H28N4O/c1-22(2)14-18(15-10-6-5-7-11-15)23(3)20(25)19-16-12-8-9-13-17(16)24(4)21-19/h5-7,10-11,18H,8-9,12-14H2,1-4H3/t18-/m0/s1. The van der Waals surface area contributed by atoms with Crippen molar-refractivity contribution >= 4 is 5.91 Å². The molecule has 0 saturated heterocycles. The molecule has 1 atom stereocenters. The molecule has 0 radical (unpaired) electrons. The van der Waals surface area contributed by atoms with Crippen molar-refractivity contribution in [1.82, 2.24) is 19.6 Å². The summed E-state index contributed by atoms with van der Waals surface area (Å²) in [5, 5.41) is 4.58. The van der Waals surface area contributed by atoms with Crippen LogP contribution in [0, 0.1) is 0 Å². The van der Waals surface area contributed by atoms with E-state index in [2.05, 4.69) is 22.1 Å². The van der Waals surface area contributed by atoms with Gasteiger partial charge in [-0.15, -0.1) is 0 Å². The van der Waals surface area contributed by atoms with E-state index < -0.39 is 0 Å². The molecule has 0 saturated carbocycles. The van der Waals surface area contributed by atoms with Crippen molar-refractivity contribution in [1.29, 1.82) is 0 Å². The van der Waals surface area contributed by atoms with E-state index in [1.54, 1.807) is 0 Å². The maximum atomic E-state index is 13.3. The second-order valence-corrected chi connectivity index (χ2v) is 7.21. The number of hydrogen-bond donors (Lipinski definition) is 0. The van der Waals surface area contributed by atoms with Crippen LogP contribution < -0.4 is 0 Å². The number of rotatable bonds is 5. The SMILES string of the molecule is CN(C)C[C@@H](c1ccccc1)N(C)C(=O)c1nn(C)c2c1CCCC2. The maximum absolute atomic E-state index is 13.3. The fourth-order valence-corrected chi connectivity index (χ4v) is 3.73. The van der Waals surface area contributed by atoms with Crippen LogP contribution >= 0.6 is 0 Å². The van der Waals surface area contributed by atoms with E-state index in [0.29, 0.717) is 5.69 Å². The van der Waals surface area contributed by atoms with Crippen LogP contribution in [0.1, 0.15) is 46.2 Å². The minimum Gasteiger partial charge on any atom is -0.332 e. The number of fused-ring (bicyclic) bond motifs is 1. The van der Waals surface area contributed by atoms with Gasteiger partial charge in [0.05, 0.1) is 6.04 Å². The molecule has 25 heavy (non-hydrogen) atoms. The molecule has 0 aliphatic heterocycles. The molecule has 1 amide bonds. The number of amides is 1. The van der Waals surface area contributed by atoms with E-state index in [0.717, 1.165) is 36.9 Å². The number of benzene rings is 1. The Balaban J connectivity index is 1.92. The van der Waals surface area contributed by atoms with Crippen molar-refractivity contribution in [2.75, 3.05) is 27.7 Å². The fourth-order valence-electron chi connectivity index (χ4n) is 3.73. The Labute approximate surface area is 150 Å². The summed E-state index contributed by atoms with van der Waals surface area (Å²) < 4.78 is 1.90. The minimum atomic E-state index is 0.00458. The van der Waals surface area contributed by atoms with Crippen molar-refractivity contribution < 1.29 is 4.79 Å². The molecular weight excluding hydrogens is 312 g/mol. The highest BCUT2D eigenvalue weighted by Crippen LogP contribution is 2.27. The first kappa shape index (κ1) is 17.7. The van der Waals surface area contributed by atoms with Gasteiger partial charge in [-0.2, -0.15) is 5.10 Å². The molecule has 5 heteroatoms. The third-order valence-electron chi connectivity index (χ3n) is 5.08. The third kappa shape index (κ3) is 3.61. The number of carbonyl (C=O) groups excluding carboxylic acids is 1. The van der Waals surface area contributed by atoms with Crippen LogP contribution in [0.4, 0.5) is 0 Å². The summed E-state index contributed by atoms with van der Waals surface area (Å²) in [6.45, 7) is 0.779. The van der Waals surface area contributed by atoms with E-state index in [4.69, 9.17) is 0 Å². The predicted molar refractivity (Wildman–Crippen MR) is 99.7 cm³/mol. The number of likely N-dealkylation sites (N-methyl/N-ethyl adjacent to an activating group) is 2. The Bertz CT molecular complexity index is 736. The second kappa shape index (κ2) is 7.40. The molecule has 1 aromatic carbocycles. The van der Waals surface area contributed by atoms with Gasteiger partial charge in [0.15, 0.2) is 5.69 Å². The van der Waals surface area contributed by atoms with Crippen molar-refractivity contribution in [2.45, 2.75) is 31.7 Å². The van der Waals surface area contributed by atoms with Crippen LogP contribution in [-0.2, 0) is 19.9 Å². The van der Waals surface area contributed by atoms with Gasteiger partial charge in [-0.25, -0.2) is 0 Å². The number of hydrogen-bond acceptors (Lipinski definition) is 3. The summed E-state index contributed by atoms with van der Waals surface area (Å²) in [5.74, 6) is 0.0226. The first-order valence-corrected chi connectivity index (χ1v) is 9.00. The van der Waals surface area contributed by atoms with Gasteiger partial charge in [-0.1, -0.05) is 30.3 Å². The Morgan fingerprint density at radius 1 is 1.16 bits per heavy atom. The molecule has 1 aliphatic rings. The van der Waals surface area contributed by atoms with Gasteiger partial charge in [0.2, 0.25) is 0 Å². The molecule has 1 heterocycles. The van der Waals surface area contributed by atoms with Crippen molar-refractivity contribution in [3.63, 3.8) is 0 Å². The van der Waals surface area contributed by atoms with E-state index in [1.807, 2.05) is 56.0 Å². The normalized spacial score (nSPS) is 15.1. The Morgan fingerprint density at radius 2 is 1.84 bits per heavy atom. The van der Waals surface area contributed by atoms with E-state index in [-0.39, 0.29) is 11.9 Å². The zero-order valence-corrected chi connectivity index (χ0v) is 15.7. The molecule has 134 valence electrons. The van der Waals surface area contributed by atoms with Gasteiger partial charge in [0, 0.05) is 31.9 Å². The lowest BCUT2D eigenvalue weighted by molar-refractivity contribution is 0.0697. The van der Waals surface area contributed by atoms with Crippen LogP contribution in [0.2, 0.25) is 0 Å². The average Bonchev–Trinajstić information content (AvgIpc) is 2.96. The van der Waals surface area contributed by atoms with Crippen molar-refractivity contribution in [3.8, 4) is 0 Å². The van der Waals surface area contributed by atoms with Crippen LogP contribution in [-0.4, -0.2) is 53.2 Å². The molecule has 3 rings (SSSR count). The molecule has 0 bridgehead atoms. The summed E-state index contributed by atoms with van der Waals surface area (Å²) in [7, 11) is 7.93. The van der Waals surface area contributed by atoms with Crippen LogP contribution in [0.3, 0.4) is 0 Å². The fraction of sp³-hybridized carbons (Fsp3) is 0.500. The average molecular weight is 340 g/mol. The lowest BCUT2D eigenvalue weighted by Crippen LogP contribution is -2.37. The van der Waals surface area contributed by atoms with Crippen LogP contribution in [0.5, 0.6) is 0 Å². The quantitative estimate of drug-likeness (QED) is 0.840. The topological polar surface area (TPSA) is 41.4 Å². The predicted octanol–water partition coefficient (Wildman–Crippen LogP) is 2.67. The Kier molecular flexibility index (Phi) is 5.23. The number of aryl methyl sites for hydroxylation is 1. The minimum absolute atomic E-state index is 0.00458. The number of carbonyl (C=O) groups is 1. The molecule has 2 aromatic rings. The number of nitrogens with zero attached hydrogens (tertiary/aromatic N) is 4. The summed E-state index contributed by atoms with van der Waals surface area (Å²) in [6, 6.07) is 10.2. The molecule has 1 aliphatic carbocycles. The lowest BCUT2D eigenvalue weighted by Gasteiger charge is -2.31. The van der Waals surface area contributed by atoms with Gasteiger partial charge in [0.1, 0.15) is 0 Å². The Morgan fingerprint density at radius 3 is 2.52 bits per heavy atom. The van der Waals surface area contributed by atoms with Crippen LogP contribution in [0.25, 0.3) is 0 Å². The van der Waals surface area contributed by atoms with Crippen molar-refractivity contribution in [3.05, 3.63) is 52.8 Å². The highest BCUT2D eigenvalue weighted by atomic mass is 16.2. The third-order valence-corrected chi connectivity index (χ3v) is 5.08. The molecule has 0 fully saturated rings. The van der Waals surface area contributed by atoms with Gasteiger partial charge in [-0.3, -0.25) is 9.48 Å². The zero-order chi connectivity index (χ0) is 18.0. The van der Waals surface area contributed by atoms with E-state index in [1.165, 1.54) is 12.1 Å². The first-order valence-electron chi connectivity index (χ1n) is 9.00. The van der Waals surface area contributed by atoms with Gasteiger partial charge in [0.25, 0.3) is 5.91 Å². The summed E-state index contributed by atoms with van der Waals surface area (Å²) in [4.78, 5) is 17.2. The van der Waals surface area contributed by atoms with Gasteiger partial charge < -0.3 is 9.80 Å². The second-order valence-electron chi connectivity index (χ2n) is 7.21. The molecule has 0 unspecified atom stereocenters. The van der Waals surface area contributed by atoms with Crippen LogP contribution in [0.15, 0.2) is 30.3 Å². The monoisotopic (exact) mass is 340 g/mol. The number of aromatic nitrogens is 2. The first-order chi connectivity index (χ1) is 12.0. The Hall–Kier alpha value is -2.14. The summed E-state index contributed by atoms with van der Waals surface area (Å²) in [5.41, 5.74) is 4.17. The largest absolute Gasteiger partial charge is 0.332 e. The van der Waals surface area contributed by atoms with E-state index >= 15 is 0 Å². The molecule has 1 aromatic heterocycles. The lowest BCUT2D eigenvalue weighted by atomic mass is 9.95. The summed E-state index contributed by atoms with van der Waals surface area (Å²) in [6.07, 6.45) is 4.31. The smallest absolute Gasteiger partial charge is 0.274 e. The molecule has 0 N–H and O–H groups in total. The molecule has 5 nitrogen and oxygen atoms in total. The summed E-state index contributed by atoms with van der Waals surface area (Å²) >= 11 is 0. The van der Waals surface area contributed by atoms with Gasteiger partial charge in [-0.05, 0) is 45.3 Å². The molecular formula is C20H28N4O. The highest BCUT2D eigenvalue weighted by molar-refractivity contribution is 5.94. The maximum Gasteiger partial charge on any atom is 0.274 e. The zero-order valence-electron chi connectivity index (χ0n) is 15.7. The molecule has 0 spiro atoms. The highest BCUT2D eigenvalue weighted by Gasteiger charge is 2.29. The van der Waals surface area contributed by atoms with E-state index in [9.17, 15) is 4.79 Å². The van der Waals surface area contributed by atoms with Gasteiger partial charge >= 0.3 is 0 Å².